The van der Waals surface area contributed by atoms with Gasteiger partial charge in [-0.2, -0.15) is 4.31 Å². The van der Waals surface area contributed by atoms with Gasteiger partial charge in [0.1, 0.15) is 0 Å². The number of aromatic amines is 1. The van der Waals surface area contributed by atoms with E-state index >= 15 is 0 Å². The fraction of sp³-hybridized carbons (Fsp3) is 0.357. The number of aromatic nitrogens is 1. The van der Waals surface area contributed by atoms with E-state index in [2.05, 4.69) is 4.98 Å². The van der Waals surface area contributed by atoms with Gasteiger partial charge in [-0.25, -0.2) is 8.42 Å². The predicted molar refractivity (Wildman–Crippen MR) is 87.9 cm³/mol. The molecule has 3 N–H and O–H groups in total. The average molecular weight is 344 g/mol. The van der Waals surface area contributed by atoms with Gasteiger partial charge >= 0.3 is 0 Å². The molecular formula is C14H18ClN3O3S. The number of nitrogens with zero attached hydrogens (tertiary/aromatic N) is 1. The Balaban J connectivity index is 0.00000176. The molecule has 0 saturated carbocycles. The summed E-state index contributed by atoms with van der Waals surface area (Å²) in [5.41, 5.74) is 6.25. The second kappa shape index (κ2) is 6.00. The lowest BCUT2D eigenvalue weighted by atomic mass is 10.1. The molecule has 1 aliphatic rings. The number of aryl methyl sites for hydroxylation is 1. The molecule has 1 aliphatic heterocycles. The van der Waals surface area contributed by atoms with Gasteiger partial charge in [0.2, 0.25) is 10.0 Å². The molecule has 0 spiro atoms. The van der Waals surface area contributed by atoms with E-state index in [4.69, 9.17) is 5.73 Å². The largest absolute Gasteiger partial charge is 0.328 e. The lowest BCUT2D eigenvalue weighted by Gasteiger charge is -2.18. The van der Waals surface area contributed by atoms with Gasteiger partial charge in [-0.05, 0) is 31.0 Å². The molecule has 22 heavy (non-hydrogen) atoms. The molecule has 1 fully saturated rings. The highest BCUT2D eigenvalue weighted by Gasteiger charge is 2.32. The average Bonchev–Trinajstić information content (AvgIpc) is 2.90. The van der Waals surface area contributed by atoms with Gasteiger partial charge in [0, 0.05) is 36.1 Å². The predicted octanol–water partition coefficient (Wildman–Crippen LogP) is 0.980. The fourth-order valence-corrected chi connectivity index (χ4v) is 4.57. The van der Waals surface area contributed by atoms with Crippen LogP contribution in [-0.2, 0) is 10.0 Å². The molecule has 6 nitrogen and oxygen atoms in total. The molecule has 0 radical (unpaired) electrons. The quantitative estimate of drug-likeness (QED) is 0.849. The molecule has 1 aromatic heterocycles. The van der Waals surface area contributed by atoms with Crippen LogP contribution in [0.25, 0.3) is 10.8 Å². The minimum Gasteiger partial charge on any atom is -0.328 e. The SMILES string of the molecule is Cc1c[nH]c(=O)c2cccc(S(=O)(=O)N3CC[C@H](N)C3)c12.Cl. The molecule has 1 saturated heterocycles. The molecule has 2 heterocycles. The highest BCUT2D eigenvalue weighted by Crippen LogP contribution is 2.28. The van der Waals surface area contributed by atoms with E-state index < -0.39 is 10.0 Å². The number of nitrogens with one attached hydrogen (secondary N) is 1. The van der Waals surface area contributed by atoms with Gasteiger partial charge in [0.15, 0.2) is 0 Å². The summed E-state index contributed by atoms with van der Waals surface area (Å²) in [4.78, 5) is 14.7. The smallest absolute Gasteiger partial charge is 0.255 e. The van der Waals surface area contributed by atoms with E-state index in [1.54, 1.807) is 31.3 Å². The van der Waals surface area contributed by atoms with E-state index in [9.17, 15) is 13.2 Å². The van der Waals surface area contributed by atoms with Gasteiger partial charge in [-0.1, -0.05) is 6.07 Å². The Morgan fingerprint density at radius 2 is 2.09 bits per heavy atom. The number of H-pyrrole nitrogens is 1. The van der Waals surface area contributed by atoms with Crippen molar-refractivity contribution < 1.29 is 8.42 Å². The number of pyridine rings is 1. The van der Waals surface area contributed by atoms with Crippen molar-refractivity contribution >= 4 is 33.2 Å². The number of rotatable bonds is 2. The molecule has 120 valence electrons. The number of fused-ring (bicyclic) bond motifs is 1. The van der Waals surface area contributed by atoms with Crippen molar-refractivity contribution in [1.29, 1.82) is 0 Å². The maximum Gasteiger partial charge on any atom is 0.255 e. The molecule has 1 atom stereocenters. The summed E-state index contributed by atoms with van der Waals surface area (Å²) in [6, 6.07) is 4.66. The molecule has 0 bridgehead atoms. The van der Waals surface area contributed by atoms with Crippen molar-refractivity contribution in [3.05, 3.63) is 40.3 Å². The third-order valence-corrected chi connectivity index (χ3v) is 5.80. The molecule has 0 amide bonds. The van der Waals surface area contributed by atoms with Crippen molar-refractivity contribution in [3.63, 3.8) is 0 Å². The summed E-state index contributed by atoms with van der Waals surface area (Å²) in [6.45, 7) is 2.52. The zero-order valence-corrected chi connectivity index (χ0v) is 13.7. The Labute approximate surface area is 134 Å². The summed E-state index contributed by atoms with van der Waals surface area (Å²) in [7, 11) is -3.64. The Hall–Kier alpha value is -1.41. The van der Waals surface area contributed by atoms with Gasteiger partial charge in [-0.3, -0.25) is 4.79 Å². The highest BCUT2D eigenvalue weighted by atomic mass is 35.5. The first-order valence-corrected chi connectivity index (χ1v) is 8.22. The van der Waals surface area contributed by atoms with Crippen molar-refractivity contribution in [2.75, 3.05) is 13.1 Å². The molecule has 0 aliphatic carbocycles. The second-order valence-electron chi connectivity index (χ2n) is 5.39. The summed E-state index contributed by atoms with van der Waals surface area (Å²) in [6.07, 6.45) is 2.20. The molecule has 8 heteroatoms. The number of sulfonamides is 1. The van der Waals surface area contributed by atoms with Crippen LogP contribution in [0.1, 0.15) is 12.0 Å². The van der Waals surface area contributed by atoms with Crippen molar-refractivity contribution in [2.24, 2.45) is 5.73 Å². The van der Waals surface area contributed by atoms with Crippen molar-refractivity contribution in [1.82, 2.24) is 9.29 Å². The zero-order chi connectivity index (χ0) is 15.2. The topological polar surface area (TPSA) is 96.3 Å². The Kier molecular flexibility index (Phi) is 4.62. The molecule has 2 aromatic rings. The normalized spacial score (nSPS) is 19.3. The van der Waals surface area contributed by atoms with Crippen LogP contribution in [0.5, 0.6) is 0 Å². The number of halogens is 1. The zero-order valence-electron chi connectivity index (χ0n) is 12.1. The minimum absolute atomic E-state index is 0. The first kappa shape index (κ1) is 17.0. The summed E-state index contributed by atoms with van der Waals surface area (Å²) in [5, 5.41) is 0.876. The number of hydrogen-bond acceptors (Lipinski definition) is 4. The Morgan fingerprint density at radius 3 is 2.73 bits per heavy atom. The van der Waals surface area contributed by atoms with Crippen LogP contribution < -0.4 is 11.3 Å². The standard InChI is InChI=1S/C14H17N3O3S.ClH/c1-9-7-16-14(18)11-3-2-4-12(13(9)11)21(19,20)17-6-5-10(15)8-17;/h2-4,7,10H,5-6,8,15H2,1H3,(H,16,18);1H/t10-;/m0./s1. The lowest BCUT2D eigenvalue weighted by molar-refractivity contribution is 0.473. The van der Waals surface area contributed by atoms with Crippen molar-refractivity contribution in [2.45, 2.75) is 24.3 Å². The fourth-order valence-electron chi connectivity index (χ4n) is 2.78. The number of hydrogen-bond donors (Lipinski definition) is 2. The minimum atomic E-state index is -3.64. The third kappa shape index (κ3) is 2.65. The molecule has 1 aromatic carbocycles. The van der Waals surface area contributed by atoms with E-state index in [1.807, 2.05) is 0 Å². The first-order chi connectivity index (χ1) is 9.91. The highest BCUT2D eigenvalue weighted by molar-refractivity contribution is 7.89. The van der Waals surface area contributed by atoms with Crippen LogP contribution in [0.15, 0.2) is 34.1 Å². The maximum atomic E-state index is 12.8. The van der Waals surface area contributed by atoms with Gasteiger partial charge in [-0.15, -0.1) is 12.4 Å². The maximum absolute atomic E-state index is 12.8. The van der Waals surface area contributed by atoms with Crippen LogP contribution in [0.3, 0.4) is 0 Å². The summed E-state index contributed by atoms with van der Waals surface area (Å²) < 4.78 is 27.0. The second-order valence-corrected chi connectivity index (χ2v) is 7.30. The van der Waals surface area contributed by atoms with E-state index in [-0.39, 0.29) is 28.9 Å². The summed E-state index contributed by atoms with van der Waals surface area (Å²) >= 11 is 0. The number of nitrogens with two attached hydrogens (primary N) is 1. The van der Waals surface area contributed by atoms with Crippen LogP contribution in [0, 0.1) is 6.92 Å². The molecule has 0 unspecified atom stereocenters. The molecule has 3 rings (SSSR count). The van der Waals surface area contributed by atoms with E-state index in [0.29, 0.717) is 30.3 Å². The lowest BCUT2D eigenvalue weighted by Crippen LogP contribution is -2.32. The number of benzene rings is 1. The van der Waals surface area contributed by atoms with Gasteiger partial charge in [0.25, 0.3) is 5.56 Å². The Bertz CT molecular complexity index is 863. The van der Waals surface area contributed by atoms with E-state index in [0.717, 1.165) is 5.56 Å². The third-order valence-electron chi connectivity index (χ3n) is 3.89. The van der Waals surface area contributed by atoms with Gasteiger partial charge < -0.3 is 10.7 Å². The van der Waals surface area contributed by atoms with Crippen LogP contribution in [-0.4, -0.2) is 36.8 Å². The van der Waals surface area contributed by atoms with Gasteiger partial charge in [0.05, 0.1) is 4.90 Å². The van der Waals surface area contributed by atoms with E-state index in [1.165, 1.54) is 4.31 Å². The van der Waals surface area contributed by atoms with Crippen LogP contribution in [0.4, 0.5) is 0 Å². The van der Waals surface area contributed by atoms with Crippen LogP contribution in [0.2, 0.25) is 0 Å². The Morgan fingerprint density at radius 1 is 1.36 bits per heavy atom. The first-order valence-electron chi connectivity index (χ1n) is 6.78. The van der Waals surface area contributed by atoms with Crippen molar-refractivity contribution in [3.8, 4) is 0 Å². The molecular weight excluding hydrogens is 326 g/mol. The summed E-state index contributed by atoms with van der Waals surface area (Å²) in [5.74, 6) is 0. The van der Waals surface area contributed by atoms with Crippen LogP contribution >= 0.6 is 12.4 Å². The monoisotopic (exact) mass is 343 g/mol.